The number of carbonyl (C=O) groups excluding carboxylic acids is 2. The minimum atomic E-state index is -0.547. The van der Waals surface area contributed by atoms with Crippen molar-refractivity contribution in [3.63, 3.8) is 0 Å². The normalized spacial score (nSPS) is 20.6. The third kappa shape index (κ3) is 2.04. The Morgan fingerprint density at radius 3 is 2.93 bits per heavy atom. The number of hydrogen-bond acceptors (Lipinski definition) is 3. The summed E-state index contributed by atoms with van der Waals surface area (Å²) in [7, 11) is 0. The van der Waals surface area contributed by atoms with Gasteiger partial charge < -0.3 is 4.42 Å². The molecule has 2 rings (SSSR count). The predicted molar refractivity (Wildman–Crippen MR) is 62.6 cm³/mol. The fourth-order valence-corrected chi connectivity index (χ4v) is 2.15. The average molecular weight is 316 g/mol. The zero-order valence-electron chi connectivity index (χ0n) is 7.90. The summed E-state index contributed by atoms with van der Waals surface area (Å²) < 4.78 is 5.86. The van der Waals surface area contributed by atoms with E-state index in [1.807, 2.05) is 22.6 Å². The molecule has 1 aromatic rings. The molecular weight excluding hydrogens is 307 g/mol. The highest BCUT2D eigenvalue weighted by Crippen LogP contribution is 2.23. The van der Waals surface area contributed by atoms with Crippen molar-refractivity contribution in [3.8, 4) is 0 Å². The maximum absolute atomic E-state index is 11.9. The van der Waals surface area contributed by atoms with Gasteiger partial charge in [0.1, 0.15) is 0 Å². The first-order chi connectivity index (χ1) is 7.20. The number of Topliss-reactive ketones (excluding diaryl/α,β-unsaturated/α-hetero) is 1. The molecule has 1 unspecified atom stereocenters. The van der Waals surface area contributed by atoms with Crippen molar-refractivity contribution in [1.82, 2.24) is 0 Å². The van der Waals surface area contributed by atoms with Gasteiger partial charge in [0.2, 0.25) is 5.78 Å². The van der Waals surface area contributed by atoms with E-state index in [0.717, 1.165) is 9.99 Å². The van der Waals surface area contributed by atoms with Crippen LogP contribution in [0.1, 0.15) is 23.4 Å². The molecule has 0 radical (unpaired) electrons. The smallest absolute Gasteiger partial charge is 0.209 e. The maximum Gasteiger partial charge on any atom is 0.209 e. The van der Waals surface area contributed by atoms with E-state index >= 15 is 0 Å². The fraction of sp³-hybridized carbons (Fsp3) is 0.273. The molecule has 1 atom stereocenters. The minimum absolute atomic E-state index is 0.113. The Kier molecular flexibility index (Phi) is 3.04. The monoisotopic (exact) mass is 316 g/mol. The Labute approximate surface area is 101 Å². The van der Waals surface area contributed by atoms with Gasteiger partial charge in [-0.2, -0.15) is 0 Å². The van der Waals surface area contributed by atoms with E-state index in [4.69, 9.17) is 4.42 Å². The van der Waals surface area contributed by atoms with Gasteiger partial charge in [0, 0.05) is 0 Å². The molecule has 1 aromatic heterocycles. The van der Waals surface area contributed by atoms with Gasteiger partial charge in [-0.05, 0) is 47.6 Å². The van der Waals surface area contributed by atoms with Crippen LogP contribution in [-0.2, 0) is 4.79 Å². The van der Waals surface area contributed by atoms with E-state index in [0.29, 0.717) is 12.2 Å². The molecule has 0 N–H and O–H groups in total. The standard InChI is InChI=1S/C11H9IO3/c12-8-5-6-15-11(8)10(14)7-3-1-2-4-9(7)13/h2,4-7H,1,3H2. The lowest BCUT2D eigenvalue weighted by Gasteiger charge is -2.13. The van der Waals surface area contributed by atoms with Crippen molar-refractivity contribution < 1.29 is 14.0 Å². The largest absolute Gasteiger partial charge is 0.460 e. The summed E-state index contributed by atoms with van der Waals surface area (Å²) in [6, 6.07) is 1.72. The summed E-state index contributed by atoms with van der Waals surface area (Å²) in [6.45, 7) is 0. The Hall–Kier alpha value is -0.910. The number of halogens is 1. The molecule has 0 aromatic carbocycles. The van der Waals surface area contributed by atoms with Crippen LogP contribution >= 0.6 is 22.6 Å². The number of rotatable bonds is 2. The number of carbonyl (C=O) groups is 2. The van der Waals surface area contributed by atoms with Gasteiger partial charge >= 0.3 is 0 Å². The molecule has 0 fully saturated rings. The van der Waals surface area contributed by atoms with Crippen molar-refractivity contribution in [2.24, 2.45) is 5.92 Å². The third-order valence-electron chi connectivity index (χ3n) is 2.41. The van der Waals surface area contributed by atoms with Gasteiger partial charge in [0.25, 0.3) is 0 Å². The molecule has 0 amide bonds. The van der Waals surface area contributed by atoms with E-state index in [1.165, 1.54) is 12.3 Å². The minimum Gasteiger partial charge on any atom is -0.460 e. The van der Waals surface area contributed by atoms with Gasteiger partial charge in [0.15, 0.2) is 11.5 Å². The zero-order valence-corrected chi connectivity index (χ0v) is 10.1. The number of furan rings is 1. The van der Waals surface area contributed by atoms with E-state index < -0.39 is 5.92 Å². The fourth-order valence-electron chi connectivity index (χ4n) is 1.61. The SMILES string of the molecule is O=C1C=CCCC1C(=O)c1occc1I. The summed E-state index contributed by atoms with van der Waals surface area (Å²) in [5, 5.41) is 0. The van der Waals surface area contributed by atoms with E-state index in [-0.39, 0.29) is 11.6 Å². The molecule has 15 heavy (non-hydrogen) atoms. The molecule has 0 saturated heterocycles. The van der Waals surface area contributed by atoms with Crippen LogP contribution < -0.4 is 0 Å². The van der Waals surface area contributed by atoms with Crippen LogP contribution in [0, 0.1) is 9.49 Å². The van der Waals surface area contributed by atoms with E-state index in [1.54, 1.807) is 12.1 Å². The Bertz CT molecular complexity index is 431. The lowest BCUT2D eigenvalue weighted by Crippen LogP contribution is -2.24. The lowest BCUT2D eigenvalue weighted by atomic mass is 9.88. The van der Waals surface area contributed by atoms with E-state index in [9.17, 15) is 9.59 Å². The van der Waals surface area contributed by atoms with Crippen LogP contribution in [0.3, 0.4) is 0 Å². The molecular formula is C11H9IO3. The van der Waals surface area contributed by atoms with Crippen LogP contribution in [0.4, 0.5) is 0 Å². The molecule has 1 heterocycles. The van der Waals surface area contributed by atoms with Gasteiger partial charge in [-0.25, -0.2) is 0 Å². The summed E-state index contributed by atoms with van der Waals surface area (Å²) in [5.74, 6) is -0.545. The van der Waals surface area contributed by atoms with Gasteiger partial charge in [0.05, 0.1) is 15.8 Å². The molecule has 78 valence electrons. The summed E-state index contributed by atoms with van der Waals surface area (Å²) in [5.41, 5.74) is 0. The Morgan fingerprint density at radius 1 is 1.53 bits per heavy atom. The molecule has 0 saturated carbocycles. The molecule has 0 bridgehead atoms. The van der Waals surface area contributed by atoms with Crippen molar-refractivity contribution >= 4 is 34.2 Å². The second kappa shape index (κ2) is 4.30. The summed E-state index contributed by atoms with van der Waals surface area (Å²) >= 11 is 2.03. The average Bonchev–Trinajstić information content (AvgIpc) is 2.64. The van der Waals surface area contributed by atoms with Crippen LogP contribution in [0.15, 0.2) is 28.9 Å². The van der Waals surface area contributed by atoms with Crippen LogP contribution in [0.25, 0.3) is 0 Å². The van der Waals surface area contributed by atoms with Crippen molar-refractivity contribution in [2.75, 3.05) is 0 Å². The first kappa shape index (κ1) is 10.6. The van der Waals surface area contributed by atoms with E-state index in [2.05, 4.69) is 0 Å². The van der Waals surface area contributed by atoms with Gasteiger partial charge in [-0.3, -0.25) is 9.59 Å². The number of ketones is 2. The van der Waals surface area contributed by atoms with Gasteiger partial charge in [-0.15, -0.1) is 0 Å². The molecule has 1 aliphatic rings. The zero-order chi connectivity index (χ0) is 10.8. The highest BCUT2D eigenvalue weighted by Gasteiger charge is 2.30. The second-order valence-corrected chi connectivity index (χ2v) is 4.56. The third-order valence-corrected chi connectivity index (χ3v) is 3.25. The lowest BCUT2D eigenvalue weighted by molar-refractivity contribution is -0.117. The molecule has 4 heteroatoms. The Balaban J connectivity index is 2.25. The first-order valence-electron chi connectivity index (χ1n) is 4.67. The predicted octanol–water partition coefficient (Wildman–Crippen LogP) is 2.60. The number of allylic oxidation sites excluding steroid dienone is 2. The second-order valence-electron chi connectivity index (χ2n) is 3.40. The summed E-state index contributed by atoms with van der Waals surface area (Å²) in [4.78, 5) is 23.4. The van der Waals surface area contributed by atoms with Crippen LogP contribution in [0.5, 0.6) is 0 Å². The number of hydrogen-bond donors (Lipinski definition) is 0. The van der Waals surface area contributed by atoms with Gasteiger partial charge in [-0.1, -0.05) is 6.08 Å². The van der Waals surface area contributed by atoms with Crippen molar-refractivity contribution in [1.29, 1.82) is 0 Å². The molecule has 0 aliphatic heterocycles. The summed E-state index contributed by atoms with van der Waals surface area (Å²) in [6.07, 6.45) is 6.13. The molecule has 1 aliphatic carbocycles. The quantitative estimate of drug-likeness (QED) is 0.479. The highest BCUT2D eigenvalue weighted by atomic mass is 127. The van der Waals surface area contributed by atoms with Crippen LogP contribution in [0.2, 0.25) is 0 Å². The first-order valence-corrected chi connectivity index (χ1v) is 5.75. The van der Waals surface area contributed by atoms with Crippen molar-refractivity contribution in [3.05, 3.63) is 33.8 Å². The van der Waals surface area contributed by atoms with Crippen molar-refractivity contribution in [2.45, 2.75) is 12.8 Å². The maximum atomic E-state index is 11.9. The topological polar surface area (TPSA) is 47.3 Å². The van der Waals surface area contributed by atoms with Crippen LogP contribution in [-0.4, -0.2) is 11.6 Å². The highest BCUT2D eigenvalue weighted by molar-refractivity contribution is 14.1. The Morgan fingerprint density at radius 2 is 2.33 bits per heavy atom. The molecule has 0 spiro atoms. The molecule has 3 nitrogen and oxygen atoms in total.